The third-order valence-corrected chi connectivity index (χ3v) is 2.56. The molecule has 0 saturated carbocycles. The Morgan fingerprint density at radius 2 is 0.800 bits per heavy atom. The average molecular weight is 416 g/mol. The number of aliphatic hydroxyl groups is 3. The Balaban J connectivity index is -0.000000503. The Hall–Kier alpha value is 0.380. The molecule has 0 bridgehead atoms. The number of hydrogen-bond donors (Lipinski definition) is 9. The number of aliphatic hydroxyl groups excluding tert-OH is 3. The summed E-state index contributed by atoms with van der Waals surface area (Å²) in [5.41, 5.74) is -1.41. The zero-order chi connectivity index (χ0) is 20.5. The van der Waals surface area contributed by atoms with Crippen LogP contribution in [0.15, 0.2) is 0 Å². The molecule has 0 aromatic rings. The molecule has 0 rings (SSSR count). The Morgan fingerprint density at radius 1 is 0.600 bits per heavy atom. The molecule has 0 aliphatic heterocycles. The quantitative estimate of drug-likeness (QED) is 0.141. The lowest BCUT2D eigenvalue weighted by molar-refractivity contribution is -0.438. The highest BCUT2D eigenvalue weighted by molar-refractivity contribution is 7.38. The molecule has 9 N–H and O–H groups in total. The minimum atomic E-state index is -2.62. The van der Waals surface area contributed by atoms with Gasteiger partial charge in [0, 0.05) is 19.8 Å². The summed E-state index contributed by atoms with van der Waals surface area (Å²) in [5, 5.41) is 28.3. The van der Waals surface area contributed by atoms with Crippen molar-refractivity contribution in [1.29, 1.82) is 0 Å². The smallest absolute Gasteiger partial charge is 0.324 e. The van der Waals surface area contributed by atoms with E-state index in [1.165, 1.54) is 0 Å². The standard InChI is InChI=1S/C11H24O6.2H3O3P/c1-4-15-11(16-5-2,17-6-3)10(7-12,8-13)9-14;2*1-4(2)3/h12-14H,4-9H2,1-3H3;2*1-3H. The van der Waals surface area contributed by atoms with E-state index in [4.69, 9.17) is 43.6 Å². The topological polar surface area (TPSA) is 210 Å². The van der Waals surface area contributed by atoms with Crippen LogP contribution in [0.1, 0.15) is 20.8 Å². The minimum absolute atomic E-state index is 0.266. The van der Waals surface area contributed by atoms with Crippen molar-refractivity contribution in [3.05, 3.63) is 0 Å². The van der Waals surface area contributed by atoms with Crippen LogP contribution in [-0.2, 0) is 14.2 Å². The molecule has 0 aromatic carbocycles. The molecular formula is C11H30O12P2. The van der Waals surface area contributed by atoms with E-state index in [9.17, 15) is 15.3 Å². The summed E-state index contributed by atoms with van der Waals surface area (Å²) < 4.78 is 16.3. The molecule has 0 aliphatic rings. The first-order valence-corrected chi connectivity index (χ1v) is 9.46. The van der Waals surface area contributed by atoms with Gasteiger partial charge in [-0.1, -0.05) is 0 Å². The van der Waals surface area contributed by atoms with Crippen LogP contribution in [0.5, 0.6) is 0 Å². The molecule has 0 heterocycles. The predicted molar refractivity (Wildman–Crippen MR) is 88.5 cm³/mol. The first kappa shape index (κ1) is 30.1. The lowest BCUT2D eigenvalue weighted by atomic mass is 9.87. The van der Waals surface area contributed by atoms with E-state index in [2.05, 4.69) is 0 Å². The van der Waals surface area contributed by atoms with Crippen LogP contribution in [-0.4, -0.2) is 90.3 Å². The number of ether oxygens (including phenoxy) is 3. The summed E-state index contributed by atoms with van der Waals surface area (Å²) in [7, 11) is -5.24. The van der Waals surface area contributed by atoms with E-state index in [1.807, 2.05) is 0 Å². The van der Waals surface area contributed by atoms with Gasteiger partial charge in [0.1, 0.15) is 5.41 Å². The van der Waals surface area contributed by atoms with Crippen LogP contribution in [0.2, 0.25) is 0 Å². The maximum atomic E-state index is 9.43. The maximum absolute atomic E-state index is 9.43. The van der Waals surface area contributed by atoms with Gasteiger partial charge in [0.05, 0.1) is 19.8 Å². The SMILES string of the molecule is CCOC(OCC)(OCC)C(CO)(CO)CO.OP(O)O.OP(O)O. The summed E-state index contributed by atoms with van der Waals surface area (Å²) >= 11 is 0. The van der Waals surface area contributed by atoms with Crippen LogP contribution in [0.25, 0.3) is 0 Å². The lowest BCUT2D eigenvalue weighted by Crippen LogP contribution is -2.60. The molecule has 0 fully saturated rings. The number of rotatable bonds is 10. The van der Waals surface area contributed by atoms with E-state index < -0.39 is 48.4 Å². The molecule has 156 valence electrons. The monoisotopic (exact) mass is 416 g/mol. The van der Waals surface area contributed by atoms with E-state index in [0.717, 1.165) is 0 Å². The summed E-state index contributed by atoms with van der Waals surface area (Å²) in [6.45, 7) is 4.47. The Bertz CT molecular complexity index is 241. The first-order chi connectivity index (χ1) is 11.6. The molecule has 0 spiro atoms. The minimum Gasteiger partial charge on any atom is -0.395 e. The summed E-state index contributed by atoms with van der Waals surface area (Å²) in [4.78, 5) is 43.4. The largest absolute Gasteiger partial charge is 0.395 e. The molecule has 0 saturated heterocycles. The van der Waals surface area contributed by atoms with Crippen LogP contribution in [0.4, 0.5) is 0 Å². The molecule has 0 radical (unpaired) electrons. The van der Waals surface area contributed by atoms with Gasteiger partial charge in [-0.3, -0.25) is 0 Å². The Morgan fingerprint density at radius 3 is 0.920 bits per heavy atom. The second-order valence-electron chi connectivity index (χ2n) is 4.15. The van der Waals surface area contributed by atoms with Gasteiger partial charge in [-0.05, 0) is 20.8 Å². The second kappa shape index (κ2) is 17.8. The molecule has 14 heteroatoms. The fraction of sp³-hybridized carbons (Fsp3) is 1.00. The van der Waals surface area contributed by atoms with E-state index >= 15 is 0 Å². The van der Waals surface area contributed by atoms with Crippen LogP contribution < -0.4 is 0 Å². The van der Waals surface area contributed by atoms with Crippen molar-refractivity contribution in [3.63, 3.8) is 0 Å². The highest BCUT2D eigenvalue weighted by Crippen LogP contribution is 2.36. The zero-order valence-electron chi connectivity index (χ0n) is 14.4. The summed E-state index contributed by atoms with van der Waals surface area (Å²) in [6, 6.07) is 0. The van der Waals surface area contributed by atoms with Gasteiger partial charge in [-0.2, -0.15) is 0 Å². The van der Waals surface area contributed by atoms with Crippen molar-refractivity contribution in [2.45, 2.75) is 26.7 Å². The molecule has 0 amide bonds. The van der Waals surface area contributed by atoms with Crippen molar-refractivity contribution >= 4 is 17.2 Å². The van der Waals surface area contributed by atoms with Crippen LogP contribution in [0, 0.1) is 5.41 Å². The van der Waals surface area contributed by atoms with Crippen LogP contribution in [0.3, 0.4) is 0 Å². The fourth-order valence-corrected chi connectivity index (χ4v) is 1.59. The molecule has 0 unspecified atom stereocenters. The van der Waals surface area contributed by atoms with Crippen molar-refractivity contribution in [1.82, 2.24) is 0 Å². The zero-order valence-corrected chi connectivity index (χ0v) is 16.2. The first-order valence-electron chi connectivity index (χ1n) is 7.06. The molecule has 12 nitrogen and oxygen atoms in total. The Kier molecular flexibility index (Phi) is 21.4. The highest BCUT2D eigenvalue weighted by Gasteiger charge is 2.55. The average Bonchev–Trinajstić information content (AvgIpc) is 2.49. The van der Waals surface area contributed by atoms with Crippen LogP contribution >= 0.6 is 17.2 Å². The normalized spacial score (nSPS) is 11.8. The van der Waals surface area contributed by atoms with Crippen molar-refractivity contribution < 1.29 is 58.9 Å². The third kappa shape index (κ3) is 13.2. The number of hydrogen-bond acceptors (Lipinski definition) is 12. The molecule has 25 heavy (non-hydrogen) atoms. The Labute approximate surface area is 148 Å². The van der Waals surface area contributed by atoms with Crippen molar-refractivity contribution in [3.8, 4) is 0 Å². The van der Waals surface area contributed by atoms with Gasteiger partial charge < -0.3 is 58.9 Å². The van der Waals surface area contributed by atoms with Crippen molar-refractivity contribution in [2.75, 3.05) is 39.6 Å². The molecular weight excluding hydrogens is 386 g/mol. The van der Waals surface area contributed by atoms with Gasteiger partial charge in [0.2, 0.25) is 0 Å². The highest BCUT2D eigenvalue weighted by atomic mass is 31.2. The molecule has 0 aromatic heterocycles. The van der Waals surface area contributed by atoms with Gasteiger partial charge >= 0.3 is 17.2 Å². The van der Waals surface area contributed by atoms with Crippen molar-refractivity contribution in [2.24, 2.45) is 5.41 Å². The van der Waals surface area contributed by atoms with E-state index in [-0.39, 0.29) is 19.8 Å². The summed E-state index contributed by atoms with van der Waals surface area (Å²) in [5.74, 6) is -1.64. The van der Waals surface area contributed by atoms with Gasteiger partial charge in [-0.25, -0.2) is 0 Å². The van der Waals surface area contributed by atoms with Gasteiger partial charge in [0.25, 0.3) is 5.97 Å². The lowest BCUT2D eigenvalue weighted by Gasteiger charge is -2.45. The fourth-order valence-electron chi connectivity index (χ4n) is 1.59. The van der Waals surface area contributed by atoms with Gasteiger partial charge in [0.15, 0.2) is 0 Å². The van der Waals surface area contributed by atoms with E-state index in [1.54, 1.807) is 20.8 Å². The second-order valence-corrected chi connectivity index (χ2v) is 5.22. The predicted octanol–water partition coefficient (Wildman–Crippen LogP) is -1.91. The molecule has 0 aliphatic carbocycles. The maximum Gasteiger partial charge on any atom is 0.324 e. The third-order valence-electron chi connectivity index (χ3n) is 2.56. The molecule has 0 atom stereocenters. The summed E-state index contributed by atoms with van der Waals surface area (Å²) in [6.07, 6.45) is 0. The van der Waals surface area contributed by atoms with E-state index in [0.29, 0.717) is 0 Å². The van der Waals surface area contributed by atoms with Gasteiger partial charge in [-0.15, -0.1) is 0 Å².